The lowest BCUT2D eigenvalue weighted by Gasteiger charge is -2.55. The molecule has 0 atom stereocenters. The van der Waals surface area contributed by atoms with Crippen molar-refractivity contribution in [1.29, 1.82) is 0 Å². The molecule has 0 bridgehead atoms. The fourth-order valence-electron chi connectivity index (χ4n) is 7.74. The van der Waals surface area contributed by atoms with Crippen LogP contribution in [0.4, 0.5) is 0 Å². The molecule has 0 spiro atoms. The fourth-order valence-corrected chi connectivity index (χ4v) is 7.74. The maximum absolute atomic E-state index is 12.4. The van der Waals surface area contributed by atoms with Crippen LogP contribution in [0.2, 0.25) is 0 Å². The van der Waals surface area contributed by atoms with Crippen LogP contribution < -0.4 is 0 Å². The molecule has 0 aromatic heterocycles. The van der Waals surface area contributed by atoms with E-state index >= 15 is 0 Å². The minimum absolute atomic E-state index is 0.00125. The summed E-state index contributed by atoms with van der Waals surface area (Å²) in [5.41, 5.74) is -0.570. The molecule has 10 heteroatoms. The Morgan fingerprint density at radius 3 is 1.36 bits per heavy atom. The van der Waals surface area contributed by atoms with Gasteiger partial charge in [0.15, 0.2) is 0 Å². The third kappa shape index (κ3) is 10.5. The van der Waals surface area contributed by atoms with Crippen LogP contribution in [0, 0.1) is 5.92 Å². The van der Waals surface area contributed by atoms with Gasteiger partial charge in [0.25, 0.3) is 0 Å². The quantitative estimate of drug-likeness (QED) is 0.220. The molecule has 2 fully saturated rings. The van der Waals surface area contributed by atoms with E-state index in [1.54, 1.807) is 0 Å². The molecule has 0 unspecified atom stereocenters. The van der Waals surface area contributed by atoms with Crippen molar-refractivity contribution in [2.75, 3.05) is 33.4 Å². The summed E-state index contributed by atoms with van der Waals surface area (Å²) in [4.78, 5) is 53.0. The SMILES string of the molecule is COC(=O)CCC(=O)OC1CC(C)(C)N(CCOC(=O)CCC(=O)OCCN2C(C)(C)CC(C)CC2(C)C)C(C)(C)C1. The lowest BCUT2D eigenvalue weighted by Crippen LogP contribution is -2.63. The second-order valence-corrected chi connectivity index (χ2v) is 14.6. The number of methoxy groups -OCH3 is 1. The number of carbonyl (C=O) groups excluding carboxylic acids is 4. The first kappa shape index (κ1) is 36.0. The molecular formula is C32H56N2O8. The molecular weight excluding hydrogens is 540 g/mol. The maximum atomic E-state index is 12.4. The fraction of sp³-hybridized carbons (Fsp3) is 0.875. The molecule has 0 radical (unpaired) electrons. The molecule has 2 heterocycles. The molecule has 42 heavy (non-hydrogen) atoms. The minimum Gasteiger partial charge on any atom is -0.469 e. The van der Waals surface area contributed by atoms with Gasteiger partial charge in [0.2, 0.25) is 0 Å². The Bertz CT molecular complexity index is 922. The summed E-state index contributed by atoms with van der Waals surface area (Å²) in [6, 6.07) is 0. The number of rotatable bonds is 13. The highest BCUT2D eigenvalue weighted by Crippen LogP contribution is 2.41. The molecule has 2 saturated heterocycles. The molecule has 0 saturated carbocycles. The Morgan fingerprint density at radius 1 is 0.595 bits per heavy atom. The molecule has 2 aliphatic heterocycles. The van der Waals surface area contributed by atoms with Crippen LogP contribution in [0.5, 0.6) is 0 Å². The first-order valence-corrected chi connectivity index (χ1v) is 15.4. The second-order valence-electron chi connectivity index (χ2n) is 14.6. The Labute approximate surface area is 253 Å². The van der Waals surface area contributed by atoms with E-state index < -0.39 is 23.9 Å². The summed E-state index contributed by atoms with van der Waals surface area (Å²) in [6.07, 6.45) is 3.13. The van der Waals surface area contributed by atoms with E-state index in [-0.39, 0.29) is 60.5 Å². The van der Waals surface area contributed by atoms with Gasteiger partial charge in [-0.25, -0.2) is 0 Å². The summed E-state index contributed by atoms with van der Waals surface area (Å²) in [7, 11) is 1.29. The number of piperidine rings is 2. The highest BCUT2D eigenvalue weighted by Gasteiger charge is 2.46. The van der Waals surface area contributed by atoms with Crippen molar-refractivity contribution >= 4 is 23.9 Å². The highest BCUT2D eigenvalue weighted by atomic mass is 16.6. The van der Waals surface area contributed by atoms with Crippen LogP contribution in [0.3, 0.4) is 0 Å². The van der Waals surface area contributed by atoms with Crippen molar-refractivity contribution in [3.8, 4) is 0 Å². The van der Waals surface area contributed by atoms with Crippen LogP contribution >= 0.6 is 0 Å². The van der Waals surface area contributed by atoms with Gasteiger partial charge in [-0.2, -0.15) is 0 Å². The van der Waals surface area contributed by atoms with Crippen molar-refractivity contribution in [3.05, 3.63) is 0 Å². The van der Waals surface area contributed by atoms with E-state index in [0.29, 0.717) is 38.5 Å². The number of carbonyl (C=O) groups is 4. The molecule has 0 N–H and O–H groups in total. The number of esters is 4. The number of hydrogen-bond acceptors (Lipinski definition) is 10. The first-order valence-electron chi connectivity index (χ1n) is 15.4. The van der Waals surface area contributed by atoms with Crippen LogP contribution in [-0.4, -0.2) is 95.3 Å². The second kappa shape index (κ2) is 14.5. The van der Waals surface area contributed by atoms with Crippen molar-refractivity contribution in [2.45, 2.75) is 142 Å². The predicted molar refractivity (Wildman–Crippen MR) is 160 cm³/mol. The van der Waals surface area contributed by atoms with Gasteiger partial charge in [-0.1, -0.05) is 6.92 Å². The topological polar surface area (TPSA) is 112 Å². The molecule has 2 aliphatic rings. The van der Waals surface area contributed by atoms with E-state index in [1.165, 1.54) is 7.11 Å². The third-order valence-electron chi connectivity index (χ3n) is 8.82. The summed E-state index contributed by atoms with van der Waals surface area (Å²) >= 11 is 0. The average molecular weight is 597 g/mol. The lowest BCUT2D eigenvalue weighted by atomic mass is 9.74. The molecule has 0 aliphatic carbocycles. The number of likely N-dealkylation sites (tertiary alicyclic amines) is 2. The summed E-state index contributed by atoms with van der Waals surface area (Å²) in [6.45, 7) is 21.3. The molecule has 242 valence electrons. The van der Waals surface area contributed by atoms with Crippen molar-refractivity contribution < 1.29 is 38.1 Å². The largest absolute Gasteiger partial charge is 0.469 e. The van der Waals surface area contributed by atoms with Gasteiger partial charge in [-0.3, -0.25) is 29.0 Å². The Kier molecular flexibility index (Phi) is 12.4. The van der Waals surface area contributed by atoms with E-state index in [4.69, 9.17) is 14.2 Å². The lowest BCUT2D eigenvalue weighted by molar-refractivity contribution is -0.164. The maximum Gasteiger partial charge on any atom is 0.306 e. The van der Waals surface area contributed by atoms with Crippen LogP contribution in [0.25, 0.3) is 0 Å². The van der Waals surface area contributed by atoms with Gasteiger partial charge in [-0.15, -0.1) is 0 Å². The molecule has 0 aromatic carbocycles. The van der Waals surface area contributed by atoms with Crippen molar-refractivity contribution in [3.63, 3.8) is 0 Å². The normalized spacial score (nSPS) is 22.2. The van der Waals surface area contributed by atoms with Gasteiger partial charge < -0.3 is 18.9 Å². The van der Waals surface area contributed by atoms with Crippen molar-refractivity contribution in [1.82, 2.24) is 9.80 Å². The zero-order valence-electron chi connectivity index (χ0n) is 27.8. The first-order chi connectivity index (χ1) is 19.3. The third-order valence-corrected chi connectivity index (χ3v) is 8.82. The Hall–Kier alpha value is -2.20. The molecule has 0 aromatic rings. The van der Waals surface area contributed by atoms with E-state index in [2.05, 4.69) is 76.9 Å². The Morgan fingerprint density at radius 2 is 0.952 bits per heavy atom. The number of nitrogens with zero attached hydrogens (tertiary/aromatic N) is 2. The molecule has 2 rings (SSSR count). The van der Waals surface area contributed by atoms with Crippen LogP contribution in [0.15, 0.2) is 0 Å². The zero-order chi connectivity index (χ0) is 31.9. The van der Waals surface area contributed by atoms with Gasteiger partial charge in [0, 0.05) is 48.1 Å². The molecule has 10 nitrogen and oxygen atoms in total. The average Bonchev–Trinajstić information content (AvgIpc) is 2.83. The monoisotopic (exact) mass is 596 g/mol. The number of ether oxygens (including phenoxy) is 4. The van der Waals surface area contributed by atoms with Crippen LogP contribution in [-0.2, 0) is 38.1 Å². The number of hydrogen-bond donors (Lipinski definition) is 0. The predicted octanol–water partition coefficient (Wildman–Crippen LogP) is 4.66. The summed E-state index contributed by atoms with van der Waals surface area (Å²) in [5.74, 6) is -1.02. The molecule has 0 amide bonds. The van der Waals surface area contributed by atoms with Crippen molar-refractivity contribution in [2.24, 2.45) is 5.92 Å². The Balaban J connectivity index is 1.73. The highest BCUT2D eigenvalue weighted by molar-refractivity contribution is 5.78. The van der Waals surface area contributed by atoms with E-state index in [1.807, 2.05) is 0 Å². The summed E-state index contributed by atoms with van der Waals surface area (Å²) < 4.78 is 21.2. The standard InChI is InChI=1S/C32H56N2O8/c1-23-19-29(2,3)33(30(4,5)20-23)15-17-40-26(36)12-13-27(37)41-18-16-34-31(6,7)21-24(22-32(34,8)9)42-28(38)14-11-25(35)39-10/h23-24H,11-22H2,1-10H3. The zero-order valence-corrected chi connectivity index (χ0v) is 27.8. The van der Waals surface area contributed by atoms with Crippen LogP contribution in [0.1, 0.15) is 114 Å². The summed E-state index contributed by atoms with van der Waals surface area (Å²) in [5, 5.41) is 0. The van der Waals surface area contributed by atoms with Gasteiger partial charge in [0.1, 0.15) is 19.3 Å². The smallest absolute Gasteiger partial charge is 0.306 e. The van der Waals surface area contributed by atoms with E-state index in [0.717, 1.165) is 12.8 Å². The van der Waals surface area contributed by atoms with Gasteiger partial charge in [0.05, 0.1) is 32.8 Å². The van der Waals surface area contributed by atoms with E-state index in [9.17, 15) is 19.2 Å². The van der Waals surface area contributed by atoms with Gasteiger partial charge in [-0.05, 0) is 74.1 Å². The van der Waals surface area contributed by atoms with Gasteiger partial charge >= 0.3 is 23.9 Å². The minimum atomic E-state index is -0.440.